The Morgan fingerprint density at radius 1 is 1.30 bits per heavy atom. The zero-order valence-corrected chi connectivity index (χ0v) is 15.4. The molecule has 0 saturated carbocycles. The smallest absolute Gasteiger partial charge is 0.255 e. The van der Waals surface area contributed by atoms with E-state index in [4.69, 9.17) is 4.74 Å². The molecule has 1 saturated heterocycles. The van der Waals surface area contributed by atoms with E-state index in [1.807, 2.05) is 24.3 Å². The van der Waals surface area contributed by atoms with Gasteiger partial charge in [-0.25, -0.2) is 0 Å². The highest BCUT2D eigenvalue weighted by Gasteiger charge is 2.28. The Bertz CT molecular complexity index is 765. The fourth-order valence-electron chi connectivity index (χ4n) is 3.03. The number of carbonyl (C=O) groups is 2. The van der Waals surface area contributed by atoms with Gasteiger partial charge in [-0.2, -0.15) is 0 Å². The summed E-state index contributed by atoms with van der Waals surface area (Å²) in [7, 11) is 1.63. The lowest BCUT2D eigenvalue weighted by molar-refractivity contribution is -0.123. The molecule has 1 unspecified atom stereocenters. The predicted octanol–water partition coefficient (Wildman–Crippen LogP) is 0.863. The summed E-state index contributed by atoms with van der Waals surface area (Å²) in [5, 5.41) is 6.13. The number of pyridine rings is 1. The van der Waals surface area contributed by atoms with Gasteiger partial charge in [0.15, 0.2) is 0 Å². The van der Waals surface area contributed by atoms with Crippen LogP contribution in [0.3, 0.4) is 0 Å². The first-order valence-corrected chi connectivity index (χ1v) is 9.00. The normalized spacial score (nSPS) is 16.6. The molecule has 0 spiro atoms. The lowest BCUT2D eigenvalue weighted by atomic mass is 10.1. The van der Waals surface area contributed by atoms with Crippen LogP contribution in [0, 0.1) is 0 Å². The molecule has 2 N–H and O–H groups in total. The number of carbonyl (C=O) groups excluding carboxylic acids is 2. The van der Waals surface area contributed by atoms with Gasteiger partial charge in [0, 0.05) is 38.6 Å². The highest BCUT2D eigenvalue weighted by Crippen LogP contribution is 2.11. The Morgan fingerprint density at radius 3 is 2.81 bits per heavy atom. The van der Waals surface area contributed by atoms with Crippen LogP contribution in [0.5, 0.6) is 5.75 Å². The summed E-state index contributed by atoms with van der Waals surface area (Å²) >= 11 is 0. The predicted molar refractivity (Wildman–Crippen MR) is 102 cm³/mol. The molecule has 1 aromatic carbocycles. The molecule has 0 radical (unpaired) electrons. The monoisotopic (exact) mass is 368 g/mol. The maximum absolute atomic E-state index is 12.5. The van der Waals surface area contributed by atoms with Gasteiger partial charge in [0.25, 0.3) is 5.91 Å². The number of nitrogens with zero attached hydrogens (tertiary/aromatic N) is 2. The van der Waals surface area contributed by atoms with Gasteiger partial charge < -0.3 is 20.3 Å². The Labute approximate surface area is 158 Å². The molecule has 1 aliphatic rings. The van der Waals surface area contributed by atoms with Crippen molar-refractivity contribution in [1.29, 1.82) is 0 Å². The number of benzene rings is 1. The third kappa shape index (κ3) is 5.04. The Kier molecular flexibility index (Phi) is 6.38. The first-order valence-electron chi connectivity index (χ1n) is 9.00. The average Bonchev–Trinajstić information content (AvgIpc) is 2.74. The number of nitrogens with one attached hydrogen (secondary N) is 2. The topological polar surface area (TPSA) is 83.6 Å². The van der Waals surface area contributed by atoms with E-state index in [1.165, 1.54) is 0 Å². The van der Waals surface area contributed by atoms with Crippen LogP contribution in [0.15, 0.2) is 48.8 Å². The van der Waals surface area contributed by atoms with Crippen molar-refractivity contribution >= 4 is 11.8 Å². The molecule has 1 aromatic heterocycles. The van der Waals surface area contributed by atoms with Crippen molar-refractivity contribution in [3.05, 3.63) is 59.9 Å². The first kappa shape index (κ1) is 18.8. The third-order valence-electron chi connectivity index (χ3n) is 4.56. The molecule has 2 amide bonds. The Morgan fingerprint density at radius 2 is 2.11 bits per heavy atom. The van der Waals surface area contributed by atoms with E-state index >= 15 is 0 Å². The van der Waals surface area contributed by atoms with Crippen LogP contribution in [0.4, 0.5) is 0 Å². The molecule has 142 valence electrons. The summed E-state index contributed by atoms with van der Waals surface area (Å²) in [6.07, 6.45) is 3.92. The van der Waals surface area contributed by atoms with Crippen molar-refractivity contribution in [2.24, 2.45) is 0 Å². The Hall–Kier alpha value is -2.93. The van der Waals surface area contributed by atoms with E-state index < -0.39 is 6.04 Å². The largest absolute Gasteiger partial charge is 0.497 e. The molecule has 0 aliphatic carbocycles. The van der Waals surface area contributed by atoms with Crippen molar-refractivity contribution in [2.45, 2.75) is 12.5 Å². The van der Waals surface area contributed by atoms with Gasteiger partial charge >= 0.3 is 0 Å². The summed E-state index contributed by atoms with van der Waals surface area (Å²) in [5.74, 6) is 0.625. The molecule has 1 fully saturated rings. The van der Waals surface area contributed by atoms with Gasteiger partial charge in [-0.05, 0) is 36.2 Å². The third-order valence-corrected chi connectivity index (χ3v) is 4.56. The molecule has 7 heteroatoms. The van der Waals surface area contributed by atoms with Crippen LogP contribution in [-0.2, 0) is 11.2 Å². The second-order valence-corrected chi connectivity index (χ2v) is 6.39. The van der Waals surface area contributed by atoms with Gasteiger partial charge in [0.2, 0.25) is 5.91 Å². The molecule has 1 aliphatic heterocycles. The number of hydrogen-bond donors (Lipinski definition) is 2. The number of methoxy groups -OCH3 is 1. The van der Waals surface area contributed by atoms with Gasteiger partial charge in [-0.1, -0.05) is 12.1 Å². The van der Waals surface area contributed by atoms with Crippen LogP contribution in [0.2, 0.25) is 0 Å². The van der Waals surface area contributed by atoms with Gasteiger partial charge in [0.1, 0.15) is 11.8 Å². The van der Waals surface area contributed by atoms with Crippen LogP contribution in [0.25, 0.3) is 0 Å². The van der Waals surface area contributed by atoms with Crippen molar-refractivity contribution in [1.82, 2.24) is 20.5 Å². The summed E-state index contributed by atoms with van der Waals surface area (Å²) < 4.78 is 5.14. The van der Waals surface area contributed by atoms with Gasteiger partial charge in [-0.3, -0.25) is 14.6 Å². The van der Waals surface area contributed by atoms with Crippen molar-refractivity contribution < 1.29 is 14.3 Å². The molecule has 27 heavy (non-hydrogen) atoms. The number of aromatic nitrogens is 1. The van der Waals surface area contributed by atoms with Crippen LogP contribution >= 0.6 is 0 Å². The van der Waals surface area contributed by atoms with E-state index in [2.05, 4.69) is 15.6 Å². The number of piperazine rings is 1. The second-order valence-electron chi connectivity index (χ2n) is 6.39. The molecule has 3 rings (SSSR count). The highest BCUT2D eigenvalue weighted by molar-refractivity contribution is 5.94. The SMILES string of the molecule is COc1ccc(CCNC(=O)C2CN(C(=O)c3cccnc3)CCN2)cc1. The minimum Gasteiger partial charge on any atom is -0.497 e. The second kappa shape index (κ2) is 9.14. The van der Waals surface area contributed by atoms with Gasteiger partial charge in [-0.15, -0.1) is 0 Å². The molecule has 2 heterocycles. The summed E-state index contributed by atoms with van der Waals surface area (Å²) in [5.41, 5.74) is 1.67. The maximum atomic E-state index is 12.5. The molecule has 1 atom stereocenters. The molecular formula is C20H24N4O3. The van der Waals surface area contributed by atoms with E-state index in [-0.39, 0.29) is 11.8 Å². The van der Waals surface area contributed by atoms with E-state index in [9.17, 15) is 9.59 Å². The summed E-state index contributed by atoms with van der Waals surface area (Å²) in [6.45, 7) is 2.05. The lowest BCUT2D eigenvalue weighted by Gasteiger charge is -2.33. The standard InChI is InChI=1S/C20H24N4O3/c1-27-17-6-4-15(5-7-17)8-10-23-19(25)18-14-24(12-11-22-18)20(26)16-3-2-9-21-13-16/h2-7,9,13,18,22H,8,10-12,14H2,1H3,(H,23,25). The van der Waals surface area contributed by atoms with Crippen molar-refractivity contribution in [3.8, 4) is 5.75 Å². The fraction of sp³-hybridized carbons (Fsp3) is 0.350. The molecule has 0 bridgehead atoms. The van der Waals surface area contributed by atoms with E-state index in [1.54, 1.807) is 36.5 Å². The summed E-state index contributed by atoms with van der Waals surface area (Å²) in [4.78, 5) is 30.7. The quantitative estimate of drug-likeness (QED) is 0.790. The maximum Gasteiger partial charge on any atom is 0.255 e. The van der Waals surface area contributed by atoms with E-state index in [0.717, 1.165) is 17.7 Å². The molecular weight excluding hydrogens is 344 g/mol. The molecule has 2 aromatic rings. The number of ether oxygens (including phenoxy) is 1. The Balaban J connectivity index is 1.48. The van der Waals surface area contributed by atoms with E-state index in [0.29, 0.717) is 31.7 Å². The van der Waals surface area contributed by atoms with Crippen LogP contribution in [-0.4, -0.2) is 61.0 Å². The number of rotatable bonds is 6. The van der Waals surface area contributed by atoms with Gasteiger partial charge in [0.05, 0.1) is 12.7 Å². The zero-order valence-electron chi connectivity index (χ0n) is 15.4. The minimum atomic E-state index is -0.407. The highest BCUT2D eigenvalue weighted by atomic mass is 16.5. The molecule has 7 nitrogen and oxygen atoms in total. The number of hydrogen-bond acceptors (Lipinski definition) is 5. The lowest BCUT2D eigenvalue weighted by Crippen LogP contribution is -2.58. The van der Waals surface area contributed by atoms with Crippen molar-refractivity contribution in [2.75, 3.05) is 33.3 Å². The van der Waals surface area contributed by atoms with Crippen molar-refractivity contribution in [3.63, 3.8) is 0 Å². The number of amides is 2. The fourth-order valence-corrected chi connectivity index (χ4v) is 3.03. The zero-order chi connectivity index (χ0) is 19.1. The average molecular weight is 368 g/mol. The van der Waals surface area contributed by atoms with Crippen LogP contribution < -0.4 is 15.4 Å². The minimum absolute atomic E-state index is 0.0906. The summed E-state index contributed by atoms with van der Waals surface area (Å²) in [6, 6.07) is 10.8. The van der Waals surface area contributed by atoms with Crippen LogP contribution in [0.1, 0.15) is 15.9 Å². The first-order chi connectivity index (χ1) is 13.2.